The maximum absolute atomic E-state index is 11.7. The lowest BCUT2D eigenvalue weighted by Gasteiger charge is -2.09. The first-order valence-electron chi connectivity index (χ1n) is 6.63. The van der Waals surface area contributed by atoms with Crippen LogP contribution in [0.2, 0.25) is 0 Å². The van der Waals surface area contributed by atoms with Gasteiger partial charge in [-0.3, -0.25) is 0 Å². The summed E-state index contributed by atoms with van der Waals surface area (Å²) in [6, 6.07) is 12.6. The molecule has 0 fully saturated rings. The molecule has 2 aromatic carbocycles. The van der Waals surface area contributed by atoms with Gasteiger partial charge >= 0.3 is 5.97 Å². The summed E-state index contributed by atoms with van der Waals surface area (Å²) >= 11 is 0. The second kappa shape index (κ2) is 6.79. The van der Waals surface area contributed by atoms with Gasteiger partial charge in [-0.2, -0.15) is 0 Å². The summed E-state index contributed by atoms with van der Waals surface area (Å²) in [4.78, 5) is 11.7. The number of carbonyl (C=O) groups excluding carboxylic acids is 1. The summed E-state index contributed by atoms with van der Waals surface area (Å²) in [6.07, 6.45) is 0. The molecule has 110 valence electrons. The number of hydrogen-bond donors (Lipinski definition) is 0. The summed E-state index contributed by atoms with van der Waals surface area (Å²) in [5.41, 5.74) is 2.15. The van der Waals surface area contributed by atoms with Gasteiger partial charge in [0, 0.05) is 0 Å². The smallest absolute Gasteiger partial charge is 0.349 e. The minimum Gasteiger partial charge on any atom is -0.497 e. The Morgan fingerprint density at radius 1 is 1.00 bits per heavy atom. The first-order chi connectivity index (χ1) is 10.1. The van der Waals surface area contributed by atoms with Crippen molar-refractivity contribution < 1.29 is 19.0 Å². The molecule has 0 saturated heterocycles. The molecule has 0 aliphatic rings. The molecular formula is C17H18O4. The number of benzene rings is 2. The third-order valence-electron chi connectivity index (χ3n) is 2.97. The van der Waals surface area contributed by atoms with Crippen molar-refractivity contribution in [3.63, 3.8) is 0 Å². The molecule has 0 N–H and O–H groups in total. The molecule has 0 spiro atoms. The molecule has 21 heavy (non-hydrogen) atoms. The standard InChI is InChI=1S/C17H18O4/c1-12-4-9-16(13(2)10-12)20-11-17(18)21-15-7-5-14(19-3)6-8-15/h4-10H,11H2,1-3H3. The Kier molecular flexibility index (Phi) is 4.82. The first kappa shape index (κ1) is 14.9. The van der Waals surface area contributed by atoms with Crippen molar-refractivity contribution in [3.8, 4) is 17.2 Å². The molecule has 0 saturated carbocycles. The van der Waals surface area contributed by atoms with Crippen molar-refractivity contribution in [1.29, 1.82) is 0 Å². The SMILES string of the molecule is COc1ccc(OC(=O)COc2ccc(C)cc2C)cc1. The monoisotopic (exact) mass is 286 g/mol. The molecular weight excluding hydrogens is 268 g/mol. The van der Waals surface area contributed by atoms with Gasteiger partial charge in [-0.15, -0.1) is 0 Å². The Bertz CT molecular complexity index is 617. The van der Waals surface area contributed by atoms with Crippen LogP contribution in [0.4, 0.5) is 0 Å². The molecule has 0 heterocycles. The van der Waals surface area contributed by atoms with Crippen LogP contribution in [0.25, 0.3) is 0 Å². The molecule has 0 unspecified atom stereocenters. The van der Waals surface area contributed by atoms with Gasteiger partial charge in [-0.05, 0) is 49.7 Å². The molecule has 2 rings (SSSR count). The Morgan fingerprint density at radius 2 is 1.67 bits per heavy atom. The van der Waals surface area contributed by atoms with Crippen LogP contribution >= 0.6 is 0 Å². The van der Waals surface area contributed by atoms with Crippen molar-refractivity contribution in [2.45, 2.75) is 13.8 Å². The first-order valence-corrected chi connectivity index (χ1v) is 6.63. The Hall–Kier alpha value is -2.49. The van der Waals surface area contributed by atoms with E-state index < -0.39 is 5.97 Å². The van der Waals surface area contributed by atoms with Gasteiger partial charge in [0.05, 0.1) is 7.11 Å². The molecule has 4 nitrogen and oxygen atoms in total. The fraction of sp³-hybridized carbons (Fsp3) is 0.235. The van der Waals surface area contributed by atoms with Crippen molar-refractivity contribution in [3.05, 3.63) is 53.6 Å². The van der Waals surface area contributed by atoms with Crippen LogP contribution < -0.4 is 14.2 Å². The van der Waals surface area contributed by atoms with Crippen LogP contribution in [0.3, 0.4) is 0 Å². The molecule has 0 aliphatic heterocycles. The lowest BCUT2D eigenvalue weighted by Crippen LogP contribution is -2.18. The van der Waals surface area contributed by atoms with Gasteiger partial charge in [-0.25, -0.2) is 4.79 Å². The van der Waals surface area contributed by atoms with Crippen LogP contribution in [0, 0.1) is 13.8 Å². The summed E-state index contributed by atoms with van der Waals surface area (Å²) in [5.74, 6) is 1.42. The van der Waals surface area contributed by atoms with Crippen molar-refractivity contribution in [2.24, 2.45) is 0 Å². The fourth-order valence-electron chi connectivity index (χ4n) is 1.90. The highest BCUT2D eigenvalue weighted by atomic mass is 16.6. The lowest BCUT2D eigenvalue weighted by molar-refractivity contribution is -0.136. The van der Waals surface area contributed by atoms with E-state index in [1.54, 1.807) is 31.4 Å². The van der Waals surface area contributed by atoms with E-state index in [-0.39, 0.29) is 6.61 Å². The van der Waals surface area contributed by atoms with Crippen molar-refractivity contribution in [1.82, 2.24) is 0 Å². The van der Waals surface area contributed by atoms with Crippen LogP contribution in [-0.2, 0) is 4.79 Å². The molecule has 4 heteroatoms. The summed E-state index contributed by atoms with van der Waals surface area (Å²) in [5, 5.41) is 0. The van der Waals surface area contributed by atoms with E-state index in [1.807, 2.05) is 32.0 Å². The normalized spacial score (nSPS) is 10.0. The Balaban J connectivity index is 1.89. The highest BCUT2D eigenvalue weighted by Crippen LogP contribution is 2.19. The second-order valence-corrected chi connectivity index (χ2v) is 4.71. The molecule has 2 aromatic rings. The summed E-state index contributed by atoms with van der Waals surface area (Å²) < 4.78 is 15.7. The van der Waals surface area contributed by atoms with Gasteiger partial charge < -0.3 is 14.2 Å². The van der Waals surface area contributed by atoms with E-state index in [9.17, 15) is 4.79 Å². The molecule has 0 atom stereocenters. The van der Waals surface area contributed by atoms with Gasteiger partial charge in [0.1, 0.15) is 17.2 Å². The second-order valence-electron chi connectivity index (χ2n) is 4.71. The van der Waals surface area contributed by atoms with Gasteiger partial charge in [0.25, 0.3) is 0 Å². The van der Waals surface area contributed by atoms with Gasteiger partial charge in [0.2, 0.25) is 0 Å². The Labute approximate surface area is 124 Å². The van der Waals surface area contributed by atoms with E-state index >= 15 is 0 Å². The molecule has 0 aromatic heterocycles. The Morgan fingerprint density at radius 3 is 2.29 bits per heavy atom. The maximum Gasteiger partial charge on any atom is 0.349 e. The predicted octanol–water partition coefficient (Wildman–Crippen LogP) is 3.30. The zero-order valence-electron chi connectivity index (χ0n) is 12.4. The number of aryl methyl sites for hydroxylation is 2. The zero-order valence-corrected chi connectivity index (χ0v) is 12.4. The topological polar surface area (TPSA) is 44.8 Å². The molecule has 0 amide bonds. The summed E-state index contributed by atoms with van der Waals surface area (Å²) in [7, 11) is 1.58. The number of esters is 1. The number of methoxy groups -OCH3 is 1. The largest absolute Gasteiger partial charge is 0.497 e. The van der Waals surface area contributed by atoms with Gasteiger partial charge in [0.15, 0.2) is 6.61 Å². The van der Waals surface area contributed by atoms with E-state index in [0.717, 1.165) is 11.1 Å². The molecule has 0 radical (unpaired) electrons. The number of carbonyl (C=O) groups is 1. The number of rotatable bonds is 5. The third kappa shape index (κ3) is 4.24. The maximum atomic E-state index is 11.7. The van der Waals surface area contributed by atoms with E-state index in [1.165, 1.54) is 0 Å². The summed E-state index contributed by atoms with van der Waals surface area (Å²) in [6.45, 7) is 3.82. The highest BCUT2D eigenvalue weighted by Gasteiger charge is 2.08. The fourth-order valence-corrected chi connectivity index (χ4v) is 1.90. The van der Waals surface area contributed by atoms with E-state index in [4.69, 9.17) is 14.2 Å². The van der Waals surface area contributed by atoms with Gasteiger partial charge in [-0.1, -0.05) is 17.7 Å². The molecule has 0 aliphatic carbocycles. The third-order valence-corrected chi connectivity index (χ3v) is 2.97. The zero-order chi connectivity index (χ0) is 15.2. The van der Waals surface area contributed by atoms with Crippen molar-refractivity contribution >= 4 is 5.97 Å². The average molecular weight is 286 g/mol. The number of hydrogen-bond acceptors (Lipinski definition) is 4. The van der Waals surface area contributed by atoms with Crippen LogP contribution in [-0.4, -0.2) is 19.7 Å². The number of ether oxygens (including phenoxy) is 3. The van der Waals surface area contributed by atoms with E-state index in [2.05, 4.69) is 0 Å². The van der Waals surface area contributed by atoms with Crippen LogP contribution in [0.5, 0.6) is 17.2 Å². The average Bonchev–Trinajstić information content (AvgIpc) is 2.47. The lowest BCUT2D eigenvalue weighted by atomic mass is 10.1. The quantitative estimate of drug-likeness (QED) is 0.625. The van der Waals surface area contributed by atoms with Crippen LogP contribution in [0.1, 0.15) is 11.1 Å². The van der Waals surface area contributed by atoms with Crippen LogP contribution in [0.15, 0.2) is 42.5 Å². The minimum atomic E-state index is -0.444. The highest BCUT2D eigenvalue weighted by molar-refractivity contribution is 5.74. The predicted molar refractivity (Wildman–Crippen MR) is 80.0 cm³/mol. The minimum absolute atomic E-state index is 0.129. The van der Waals surface area contributed by atoms with E-state index in [0.29, 0.717) is 17.2 Å². The molecule has 0 bridgehead atoms. The van der Waals surface area contributed by atoms with Crippen molar-refractivity contribution in [2.75, 3.05) is 13.7 Å².